The van der Waals surface area contributed by atoms with Crippen LogP contribution in [0.15, 0.2) is 28.1 Å². The maximum atomic E-state index is 12.4. The van der Waals surface area contributed by atoms with E-state index in [0.29, 0.717) is 16.2 Å². The summed E-state index contributed by atoms with van der Waals surface area (Å²) in [6.45, 7) is 3.98. The topological polar surface area (TPSA) is 26.3 Å². The summed E-state index contributed by atoms with van der Waals surface area (Å²) in [7, 11) is 1.60. The molecule has 1 aromatic heterocycles. The molecule has 0 spiro atoms. The first-order valence-corrected chi connectivity index (χ1v) is 7.14. The Morgan fingerprint density at radius 3 is 2.61 bits per heavy atom. The van der Waals surface area contributed by atoms with E-state index in [2.05, 4.69) is 15.9 Å². The fourth-order valence-corrected chi connectivity index (χ4v) is 3.18. The average molecular weight is 325 g/mol. The van der Waals surface area contributed by atoms with Crippen molar-refractivity contribution in [1.82, 2.24) is 0 Å². The zero-order valence-corrected chi connectivity index (χ0v) is 12.8. The molecule has 94 valence electrons. The van der Waals surface area contributed by atoms with Gasteiger partial charge in [0, 0.05) is 9.85 Å². The molecule has 1 aromatic carbocycles. The fraction of sp³-hybridized carbons (Fsp3) is 0.214. The Morgan fingerprint density at radius 2 is 2.06 bits per heavy atom. The summed E-state index contributed by atoms with van der Waals surface area (Å²) in [5.74, 6) is 0.676. The Labute approximate surface area is 119 Å². The standard InChI is InChI=1S/C14H13BrO2S/c1-8-4-5-11(14(17-3)9(8)2)13(16)12-6-10(15)7-18-12/h4-7H,1-3H3. The quantitative estimate of drug-likeness (QED) is 0.784. The minimum atomic E-state index is 0.00523. The lowest BCUT2D eigenvalue weighted by atomic mass is 10.0. The van der Waals surface area contributed by atoms with Gasteiger partial charge in [0.1, 0.15) is 5.75 Å². The van der Waals surface area contributed by atoms with Crippen LogP contribution in [0.5, 0.6) is 5.75 Å². The van der Waals surface area contributed by atoms with Gasteiger partial charge in [0.05, 0.1) is 17.6 Å². The Morgan fingerprint density at radius 1 is 1.33 bits per heavy atom. The summed E-state index contributed by atoms with van der Waals surface area (Å²) < 4.78 is 6.31. The lowest BCUT2D eigenvalue weighted by Gasteiger charge is -2.12. The number of methoxy groups -OCH3 is 1. The Kier molecular flexibility index (Phi) is 3.88. The van der Waals surface area contributed by atoms with Crippen LogP contribution in [-0.4, -0.2) is 12.9 Å². The Balaban J connectivity index is 2.51. The van der Waals surface area contributed by atoms with E-state index in [-0.39, 0.29) is 5.78 Å². The molecule has 0 radical (unpaired) electrons. The van der Waals surface area contributed by atoms with Crippen molar-refractivity contribution in [3.8, 4) is 5.75 Å². The summed E-state index contributed by atoms with van der Waals surface area (Å²) in [4.78, 5) is 13.1. The predicted molar refractivity (Wildman–Crippen MR) is 77.9 cm³/mol. The van der Waals surface area contributed by atoms with Gasteiger partial charge in [-0.3, -0.25) is 4.79 Å². The van der Waals surface area contributed by atoms with Crippen LogP contribution in [-0.2, 0) is 0 Å². The van der Waals surface area contributed by atoms with Crippen molar-refractivity contribution in [3.05, 3.63) is 49.6 Å². The van der Waals surface area contributed by atoms with Gasteiger partial charge in [-0.25, -0.2) is 0 Å². The number of hydrogen-bond acceptors (Lipinski definition) is 3. The number of carbonyl (C=O) groups excluding carboxylic acids is 1. The van der Waals surface area contributed by atoms with E-state index in [0.717, 1.165) is 15.6 Å². The van der Waals surface area contributed by atoms with Gasteiger partial charge in [-0.15, -0.1) is 11.3 Å². The number of halogens is 1. The van der Waals surface area contributed by atoms with Crippen molar-refractivity contribution in [1.29, 1.82) is 0 Å². The maximum Gasteiger partial charge on any atom is 0.206 e. The highest BCUT2D eigenvalue weighted by Gasteiger charge is 2.18. The van der Waals surface area contributed by atoms with E-state index in [1.807, 2.05) is 37.4 Å². The van der Waals surface area contributed by atoms with Gasteiger partial charge >= 0.3 is 0 Å². The number of benzene rings is 1. The highest BCUT2D eigenvalue weighted by molar-refractivity contribution is 9.10. The van der Waals surface area contributed by atoms with Crippen molar-refractivity contribution < 1.29 is 9.53 Å². The molecule has 0 amide bonds. The second-order valence-corrected chi connectivity index (χ2v) is 5.87. The fourth-order valence-electron chi connectivity index (χ4n) is 1.80. The maximum absolute atomic E-state index is 12.4. The van der Waals surface area contributed by atoms with Gasteiger partial charge in [-0.1, -0.05) is 6.07 Å². The molecule has 0 aliphatic rings. The van der Waals surface area contributed by atoms with E-state index < -0.39 is 0 Å². The summed E-state index contributed by atoms with van der Waals surface area (Å²) >= 11 is 4.79. The highest BCUT2D eigenvalue weighted by Crippen LogP contribution is 2.30. The molecule has 0 saturated carbocycles. The number of ether oxygens (including phenoxy) is 1. The summed E-state index contributed by atoms with van der Waals surface area (Å²) in [5, 5.41) is 1.90. The van der Waals surface area contributed by atoms with Crippen LogP contribution < -0.4 is 4.74 Å². The number of thiophene rings is 1. The third-order valence-corrected chi connectivity index (χ3v) is 4.61. The van der Waals surface area contributed by atoms with Crippen LogP contribution in [0.25, 0.3) is 0 Å². The Bertz CT molecular complexity index is 602. The molecule has 2 nitrogen and oxygen atoms in total. The first-order valence-electron chi connectivity index (χ1n) is 5.47. The summed E-state index contributed by atoms with van der Waals surface area (Å²) in [5.41, 5.74) is 2.75. The van der Waals surface area contributed by atoms with Gasteiger partial charge in [-0.2, -0.15) is 0 Å². The Hall–Kier alpha value is -1.13. The van der Waals surface area contributed by atoms with E-state index in [1.54, 1.807) is 7.11 Å². The van der Waals surface area contributed by atoms with Gasteiger partial charge in [0.15, 0.2) is 0 Å². The van der Waals surface area contributed by atoms with Gasteiger partial charge in [0.25, 0.3) is 0 Å². The number of ketones is 1. The molecular weight excluding hydrogens is 312 g/mol. The lowest BCUT2D eigenvalue weighted by molar-refractivity contribution is 0.103. The number of aryl methyl sites for hydroxylation is 1. The monoisotopic (exact) mass is 324 g/mol. The largest absolute Gasteiger partial charge is 0.496 e. The molecule has 0 aliphatic carbocycles. The normalized spacial score (nSPS) is 10.4. The van der Waals surface area contributed by atoms with Crippen LogP contribution in [0, 0.1) is 13.8 Å². The average Bonchev–Trinajstić information content (AvgIpc) is 2.78. The van der Waals surface area contributed by atoms with Crippen molar-refractivity contribution in [2.75, 3.05) is 7.11 Å². The molecule has 0 atom stereocenters. The lowest BCUT2D eigenvalue weighted by Crippen LogP contribution is -2.04. The van der Waals surface area contributed by atoms with Crippen molar-refractivity contribution in [2.45, 2.75) is 13.8 Å². The number of carbonyl (C=O) groups is 1. The van der Waals surface area contributed by atoms with E-state index >= 15 is 0 Å². The van der Waals surface area contributed by atoms with Crippen LogP contribution >= 0.6 is 27.3 Å². The third-order valence-electron chi connectivity index (χ3n) is 2.92. The third kappa shape index (κ3) is 2.35. The molecule has 0 saturated heterocycles. The molecule has 18 heavy (non-hydrogen) atoms. The second kappa shape index (κ2) is 5.24. The van der Waals surface area contributed by atoms with Crippen molar-refractivity contribution in [2.24, 2.45) is 0 Å². The minimum absolute atomic E-state index is 0.00523. The van der Waals surface area contributed by atoms with Crippen LogP contribution in [0.4, 0.5) is 0 Å². The minimum Gasteiger partial charge on any atom is -0.496 e. The van der Waals surface area contributed by atoms with E-state index in [1.165, 1.54) is 11.3 Å². The molecule has 0 bridgehead atoms. The SMILES string of the molecule is COc1c(C(=O)c2cc(Br)cs2)ccc(C)c1C. The molecule has 1 heterocycles. The zero-order chi connectivity index (χ0) is 13.3. The van der Waals surface area contributed by atoms with E-state index in [9.17, 15) is 4.79 Å². The van der Waals surface area contributed by atoms with Gasteiger partial charge in [-0.05, 0) is 53.0 Å². The predicted octanol–water partition coefficient (Wildman–Crippen LogP) is 4.37. The van der Waals surface area contributed by atoms with Crippen LogP contribution in [0.3, 0.4) is 0 Å². The molecular formula is C14H13BrO2S. The van der Waals surface area contributed by atoms with Gasteiger partial charge in [0.2, 0.25) is 5.78 Å². The first kappa shape index (κ1) is 13.3. The summed E-state index contributed by atoms with van der Waals surface area (Å²) in [6, 6.07) is 5.62. The molecule has 4 heteroatoms. The van der Waals surface area contributed by atoms with Crippen molar-refractivity contribution >= 4 is 33.0 Å². The van der Waals surface area contributed by atoms with Gasteiger partial charge < -0.3 is 4.74 Å². The molecule has 0 fully saturated rings. The molecule has 0 unspecified atom stereocenters. The molecule has 2 rings (SSSR count). The summed E-state index contributed by atoms with van der Waals surface area (Å²) in [6.07, 6.45) is 0. The zero-order valence-electron chi connectivity index (χ0n) is 10.4. The van der Waals surface area contributed by atoms with E-state index in [4.69, 9.17) is 4.74 Å². The molecule has 0 aliphatic heterocycles. The number of rotatable bonds is 3. The number of hydrogen-bond donors (Lipinski definition) is 0. The smallest absolute Gasteiger partial charge is 0.206 e. The molecule has 0 N–H and O–H groups in total. The van der Waals surface area contributed by atoms with Crippen LogP contribution in [0.1, 0.15) is 26.4 Å². The highest BCUT2D eigenvalue weighted by atomic mass is 79.9. The molecule has 2 aromatic rings. The van der Waals surface area contributed by atoms with Crippen molar-refractivity contribution in [3.63, 3.8) is 0 Å². The second-order valence-electron chi connectivity index (χ2n) is 4.05. The first-order chi connectivity index (χ1) is 8.54. The van der Waals surface area contributed by atoms with Crippen LogP contribution in [0.2, 0.25) is 0 Å².